The van der Waals surface area contributed by atoms with Crippen LogP contribution in [0.1, 0.15) is 17.3 Å². The lowest BCUT2D eigenvalue weighted by atomic mass is 10.0. The molecule has 8 nitrogen and oxygen atoms in total. The lowest BCUT2D eigenvalue weighted by Crippen LogP contribution is -2.59. The van der Waals surface area contributed by atoms with E-state index >= 15 is 0 Å². The van der Waals surface area contributed by atoms with Crippen LogP contribution in [0, 0.1) is 0 Å². The predicted octanol–water partition coefficient (Wildman–Crippen LogP) is 1.05. The maximum Gasteiger partial charge on any atom is 0.254 e. The van der Waals surface area contributed by atoms with E-state index in [-0.39, 0.29) is 24.4 Å². The van der Waals surface area contributed by atoms with Gasteiger partial charge in [-0.25, -0.2) is 9.97 Å². The molecular formula is C19H23N5O3. The highest BCUT2D eigenvalue weighted by molar-refractivity contribution is 5.99. The van der Waals surface area contributed by atoms with Gasteiger partial charge in [0.15, 0.2) is 0 Å². The summed E-state index contributed by atoms with van der Waals surface area (Å²) in [6.07, 6.45) is 3.23. The lowest BCUT2D eigenvalue weighted by molar-refractivity contribution is -0.141. The number of aromatic nitrogens is 2. The number of anilines is 1. The highest BCUT2D eigenvalue weighted by Gasteiger charge is 2.36. The molecule has 0 saturated carbocycles. The van der Waals surface area contributed by atoms with Crippen molar-refractivity contribution in [1.82, 2.24) is 19.8 Å². The van der Waals surface area contributed by atoms with Crippen molar-refractivity contribution >= 4 is 17.8 Å². The van der Waals surface area contributed by atoms with Gasteiger partial charge in [0, 0.05) is 50.3 Å². The second-order valence-electron chi connectivity index (χ2n) is 6.34. The van der Waals surface area contributed by atoms with E-state index < -0.39 is 6.04 Å². The molecule has 1 saturated heterocycles. The number of benzene rings is 1. The lowest BCUT2D eigenvalue weighted by Gasteiger charge is -2.39. The average Bonchev–Trinajstić information content (AvgIpc) is 2.69. The topological polar surface area (TPSA) is 102 Å². The first-order valence-corrected chi connectivity index (χ1v) is 8.83. The summed E-state index contributed by atoms with van der Waals surface area (Å²) in [5.74, 6) is -0.105. The Balaban J connectivity index is 1.86. The van der Waals surface area contributed by atoms with Crippen molar-refractivity contribution in [2.45, 2.75) is 13.0 Å². The summed E-state index contributed by atoms with van der Waals surface area (Å²) in [6, 6.07) is 6.58. The number of nitrogen functional groups attached to an aromatic ring is 1. The van der Waals surface area contributed by atoms with Gasteiger partial charge in [0.05, 0.1) is 6.61 Å². The normalized spacial score (nSPS) is 17.3. The van der Waals surface area contributed by atoms with Crippen molar-refractivity contribution in [2.75, 3.05) is 39.1 Å². The number of rotatable bonds is 5. The Bertz CT molecular complexity index is 824. The van der Waals surface area contributed by atoms with Gasteiger partial charge in [-0.1, -0.05) is 12.1 Å². The van der Waals surface area contributed by atoms with Crippen LogP contribution in [0.4, 0.5) is 5.95 Å². The van der Waals surface area contributed by atoms with Crippen molar-refractivity contribution in [2.24, 2.45) is 0 Å². The first-order valence-electron chi connectivity index (χ1n) is 8.83. The molecule has 2 heterocycles. The largest absolute Gasteiger partial charge is 0.379 e. The molecular weight excluding hydrogens is 346 g/mol. The second-order valence-corrected chi connectivity index (χ2v) is 6.34. The number of carbonyl (C=O) groups is 2. The molecule has 3 rings (SSSR count). The van der Waals surface area contributed by atoms with E-state index in [0.29, 0.717) is 25.3 Å². The van der Waals surface area contributed by atoms with Crippen LogP contribution in [0.25, 0.3) is 11.1 Å². The van der Waals surface area contributed by atoms with Gasteiger partial charge >= 0.3 is 0 Å². The molecule has 2 N–H and O–H groups in total. The average molecular weight is 369 g/mol. The summed E-state index contributed by atoms with van der Waals surface area (Å²) < 4.78 is 5.44. The quantitative estimate of drug-likeness (QED) is 0.845. The smallest absolute Gasteiger partial charge is 0.254 e. The van der Waals surface area contributed by atoms with E-state index in [2.05, 4.69) is 9.97 Å². The number of carbonyl (C=O) groups excluding carboxylic acids is 2. The van der Waals surface area contributed by atoms with Gasteiger partial charge in [0.2, 0.25) is 11.9 Å². The molecule has 0 radical (unpaired) electrons. The highest BCUT2D eigenvalue weighted by Crippen LogP contribution is 2.22. The first-order chi connectivity index (χ1) is 13.0. The number of ether oxygens (including phenoxy) is 1. The predicted molar refractivity (Wildman–Crippen MR) is 101 cm³/mol. The summed E-state index contributed by atoms with van der Waals surface area (Å²) >= 11 is 0. The molecule has 0 spiro atoms. The third-order valence-corrected chi connectivity index (χ3v) is 4.57. The fourth-order valence-corrected chi connectivity index (χ4v) is 3.03. The Hall–Kier alpha value is -3.00. The molecule has 0 bridgehead atoms. The monoisotopic (exact) mass is 369 g/mol. The van der Waals surface area contributed by atoms with Crippen molar-refractivity contribution in [3.8, 4) is 11.1 Å². The zero-order chi connectivity index (χ0) is 19.4. The Morgan fingerprint density at radius 1 is 1.26 bits per heavy atom. The van der Waals surface area contributed by atoms with Gasteiger partial charge in [0.25, 0.3) is 5.91 Å². The van der Waals surface area contributed by atoms with E-state index in [0.717, 1.165) is 11.1 Å². The number of piperazine rings is 1. The van der Waals surface area contributed by atoms with Gasteiger partial charge < -0.3 is 20.3 Å². The van der Waals surface area contributed by atoms with Crippen LogP contribution in [-0.4, -0.2) is 71.0 Å². The van der Waals surface area contributed by atoms with Crippen molar-refractivity contribution in [3.05, 3.63) is 42.2 Å². The third kappa shape index (κ3) is 4.06. The van der Waals surface area contributed by atoms with Crippen LogP contribution in [0.3, 0.4) is 0 Å². The van der Waals surface area contributed by atoms with Gasteiger partial charge in [0.1, 0.15) is 6.04 Å². The molecule has 1 unspecified atom stereocenters. The number of hydrogen-bond acceptors (Lipinski definition) is 6. The summed E-state index contributed by atoms with van der Waals surface area (Å²) in [5.41, 5.74) is 7.60. The number of nitrogens with two attached hydrogens (primary N) is 1. The van der Waals surface area contributed by atoms with Crippen LogP contribution in [0.5, 0.6) is 0 Å². The maximum atomic E-state index is 13.1. The summed E-state index contributed by atoms with van der Waals surface area (Å²) in [6.45, 7) is 3.51. The summed E-state index contributed by atoms with van der Waals surface area (Å²) in [7, 11) is 1.74. The van der Waals surface area contributed by atoms with Crippen molar-refractivity contribution < 1.29 is 14.3 Å². The van der Waals surface area contributed by atoms with Gasteiger partial charge in [-0.15, -0.1) is 0 Å². The molecule has 8 heteroatoms. The molecule has 1 atom stereocenters. The minimum absolute atomic E-state index is 0.105. The van der Waals surface area contributed by atoms with Crippen LogP contribution in [0.15, 0.2) is 36.7 Å². The van der Waals surface area contributed by atoms with E-state index in [1.807, 2.05) is 13.0 Å². The Morgan fingerprint density at radius 2 is 2.00 bits per heavy atom. The molecule has 1 aliphatic rings. The molecule has 27 heavy (non-hydrogen) atoms. The standard InChI is InChI=1S/C19H23N5O3/c1-3-27-12-16-18(26)23(2)7-8-24(16)17(25)14-6-4-5-13(9-14)15-10-21-19(20)22-11-15/h4-6,9-11,16H,3,7-8,12H2,1-2H3,(H2,20,21,22). The zero-order valence-electron chi connectivity index (χ0n) is 15.5. The van der Waals surface area contributed by atoms with E-state index in [9.17, 15) is 9.59 Å². The highest BCUT2D eigenvalue weighted by atomic mass is 16.5. The van der Waals surface area contributed by atoms with Crippen molar-refractivity contribution in [1.29, 1.82) is 0 Å². The number of hydrogen-bond donors (Lipinski definition) is 1. The summed E-state index contributed by atoms with van der Waals surface area (Å²) in [5, 5.41) is 0. The molecule has 2 aromatic rings. The van der Waals surface area contributed by atoms with E-state index in [1.165, 1.54) is 0 Å². The van der Waals surface area contributed by atoms with Crippen LogP contribution < -0.4 is 5.73 Å². The SMILES string of the molecule is CCOCC1C(=O)N(C)CCN1C(=O)c1cccc(-c2cnc(N)nc2)c1. The van der Waals surface area contributed by atoms with Crippen molar-refractivity contribution in [3.63, 3.8) is 0 Å². The minimum atomic E-state index is -0.611. The number of amides is 2. The molecule has 142 valence electrons. The van der Waals surface area contributed by atoms with Gasteiger partial charge in [-0.2, -0.15) is 0 Å². The fourth-order valence-electron chi connectivity index (χ4n) is 3.03. The van der Waals surface area contributed by atoms with Gasteiger partial charge in [-0.3, -0.25) is 9.59 Å². The maximum absolute atomic E-state index is 13.1. The second kappa shape index (κ2) is 8.13. The molecule has 1 aromatic carbocycles. The molecule has 0 aliphatic carbocycles. The number of likely N-dealkylation sites (N-methyl/N-ethyl adjacent to an activating group) is 1. The first kappa shape index (κ1) is 18.8. The molecule has 2 amide bonds. The molecule has 1 aliphatic heterocycles. The minimum Gasteiger partial charge on any atom is -0.379 e. The van der Waals surface area contributed by atoms with Crippen LogP contribution >= 0.6 is 0 Å². The molecule has 1 aromatic heterocycles. The van der Waals surface area contributed by atoms with E-state index in [1.54, 1.807) is 47.4 Å². The zero-order valence-corrected chi connectivity index (χ0v) is 15.5. The Kier molecular flexibility index (Phi) is 5.66. The Labute approximate surface area is 158 Å². The van der Waals surface area contributed by atoms with Gasteiger partial charge in [-0.05, 0) is 24.6 Å². The van der Waals surface area contributed by atoms with E-state index in [4.69, 9.17) is 10.5 Å². The molecule has 1 fully saturated rings. The number of nitrogens with zero attached hydrogens (tertiary/aromatic N) is 4. The van der Waals surface area contributed by atoms with Crippen LogP contribution in [0.2, 0.25) is 0 Å². The fraction of sp³-hybridized carbons (Fsp3) is 0.368. The van der Waals surface area contributed by atoms with Crippen LogP contribution in [-0.2, 0) is 9.53 Å². The Morgan fingerprint density at radius 3 is 2.70 bits per heavy atom. The third-order valence-electron chi connectivity index (χ3n) is 4.57. The summed E-state index contributed by atoms with van der Waals surface area (Å²) in [4.78, 5) is 36.8.